The van der Waals surface area contributed by atoms with Gasteiger partial charge in [0.05, 0.1) is 11.5 Å². The molecular weight excluding hydrogens is 541 g/mol. The smallest absolute Gasteiger partial charge is 0.332 e. The van der Waals surface area contributed by atoms with Gasteiger partial charge in [-0.1, -0.05) is 42.1 Å². The Labute approximate surface area is 233 Å². The van der Waals surface area contributed by atoms with Crippen LogP contribution in [0, 0.1) is 5.82 Å². The lowest BCUT2D eigenvalue weighted by Crippen LogP contribution is -2.65. The standard InChI is InChI=1S/C26H30FN7O7/c1-5-32-16(28-12-29-32)11-40-23-14(26(2,3)4)10-17-33(31-23)22(13-8-6-7-9-15(13)27)30-34(17)24-20(37)18(35)19(36)21(41-24)25(38)39/h6-10,12,18-21,24,35-37H,5,11H2,1-4H3/t18-,19-,20+,21-,24+/m0/s1. The summed E-state index contributed by atoms with van der Waals surface area (Å²) >= 11 is 0. The zero-order valence-electron chi connectivity index (χ0n) is 22.7. The monoisotopic (exact) mass is 571 g/mol. The maximum atomic E-state index is 15.0. The Bertz CT molecular complexity index is 1580. The number of hydrogen-bond acceptors (Lipinski definition) is 11. The van der Waals surface area contributed by atoms with Crippen LogP contribution in [0.3, 0.4) is 0 Å². The summed E-state index contributed by atoms with van der Waals surface area (Å²) < 4.78 is 30.7. The quantitative estimate of drug-likeness (QED) is 0.232. The summed E-state index contributed by atoms with van der Waals surface area (Å²) in [5, 5.41) is 56.3. The van der Waals surface area contributed by atoms with E-state index in [2.05, 4.69) is 20.3 Å². The zero-order valence-corrected chi connectivity index (χ0v) is 22.7. The van der Waals surface area contributed by atoms with Crippen LogP contribution in [0.2, 0.25) is 0 Å². The van der Waals surface area contributed by atoms with E-state index in [1.807, 2.05) is 27.7 Å². The number of hydrogen-bond donors (Lipinski definition) is 3. The van der Waals surface area contributed by atoms with E-state index in [1.165, 1.54) is 29.0 Å². The number of halogens is 1. The zero-order chi connectivity index (χ0) is 29.6. The van der Waals surface area contributed by atoms with Gasteiger partial charge in [0.15, 0.2) is 11.9 Å². The van der Waals surface area contributed by atoms with E-state index in [0.29, 0.717) is 17.9 Å². The number of rotatable bonds is 7. The second-order valence-corrected chi connectivity index (χ2v) is 10.6. The average molecular weight is 572 g/mol. The maximum Gasteiger partial charge on any atom is 0.332 e. The van der Waals surface area contributed by atoms with Crippen LogP contribution < -0.4 is 14.5 Å². The molecule has 5 rings (SSSR count). The van der Waals surface area contributed by atoms with Crippen LogP contribution in [0.25, 0.3) is 17.0 Å². The fourth-order valence-corrected chi connectivity index (χ4v) is 4.66. The van der Waals surface area contributed by atoms with Crippen molar-refractivity contribution in [2.75, 3.05) is 0 Å². The number of ether oxygens (including phenoxy) is 2. The molecular formula is C26H30FN7O7. The molecule has 0 radical (unpaired) electrons. The summed E-state index contributed by atoms with van der Waals surface area (Å²) in [6, 6.07) is 7.45. The van der Waals surface area contributed by atoms with Gasteiger partial charge in [-0.3, -0.25) is 0 Å². The van der Waals surface area contributed by atoms with Gasteiger partial charge in [0.25, 0.3) is 17.9 Å². The minimum absolute atomic E-state index is 0.0263. The first kappa shape index (κ1) is 28.5. The third-order valence-electron chi connectivity index (χ3n) is 6.87. The fourth-order valence-electron chi connectivity index (χ4n) is 4.66. The van der Waals surface area contributed by atoms with Crippen LogP contribution in [-0.4, -0.2) is 75.2 Å². The van der Waals surface area contributed by atoms with Crippen LogP contribution in [0.5, 0.6) is 5.88 Å². The summed E-state index contributed by atoms with van der Waals surface area (Å²) in [4.78, 5) is 15.9. The molecule has 218 valence electrons. The number of fused-ring (bicyclic) bond motifs is 1. The Hall–Kier alpha value is -4.05. The van der Waals surface area contributed by atoms with Crippen LogP contribution in [-0.2, 0) is 28.1 Å². The Morgan fingerprint density at radius 3 is 2.59 bits per heavy atom. The molecule has 0 spiro atoms. The maximum absolute atomic E-state index is 15.0. The van der Waals surface area contributed by atoms with Crippen molar-refractivity contribution >= 4 is 11.6 Å². The summed E-state index contributed by atoms with van der Waals surface area (Å²) in [5.74, 6) is -1.70. The van der Waals surface area contributed by atoms with Crippen molar-refractivity contribution in [3.63, 3.8) is 0 Å². The Balaban J connectivity index is 1.71. The minimum Gasteiger partial charge on any atom is -0.547 e. The minimum atomic E-state index is -1.98. The van der Waals surface area contributed by atoms with Crippen molar-refractivity contribution in [2.45, 2.75) is 76.9 Å². The number of aliphatic hydroxyl groups is 3. The lowest BCUT2D eigenvalue weighted by molar-refractivity contribution is -0.802. The molecule has 1 aliphatic heterocycles. The van der Waals surface area contributed by atoms with Crippen LogP contribution >= 0.6 is 0 Å². The Kier molecular flexibility index (Phi) is 7.46. The molecule has 0 aliphatic carbocycles. The topological polar surface area (TPSA) is 184 Å². The number of carboxylic acids is 1. The van der Waals surface area contributed by atoms with E-state index in [-0.39, 0.29) is 29.5 Å². The van der Waals surface area contributed by atoms with Gasteiger partial charge < -0.3 is 34.7 Å². The Morgan fingerprint density at radius 2 is 1.93 bits per heavy atom. The number of aryl methyl sites for hydroxylation is 1. The van der Waals surface area contributed by atoms with Gasteiger partial charge in [0, 0.05) is 18.2 Å². The van der Waals surface area contributed by atoms with E-state index in [1.54, 1.807) is 16.8 Å². The number of aliphatic hydroxyl groups excluding tert-OH is 3. The predicted octanol–water partition coefficient (Wildman–Crippen LogP) is -0.959. The molecule has 1 aliphatic rings. The third kappa shape index (κ3) is 5.12. The van der Waals surface area contributed by atoms with Gasteiger partial charge in [0.1, 0.15) is 37.1 Å². The first-order valence-electron chi connectivity index (χ1n) is 12.9. The molecule has 1 saturated heterocycles. The van der Waals surface area contributed by atoms with Gasteiger partial charge in [-0.15, -0.1) is 0 Å². The van der Waals surface area contributed by atoms with Gasteiger partial charge in [0.2, 0.25) is 0 Å². The first-order valence-corrected chi connectivity index (χ1v) is 12.9. The second-order valence-electron chi connectivity index (χ2n) is 10.6. The van der Waals surface area contributed by atoms with Crippen LogP contribution in [0.15, 0.2) is 36.7 Å². The molecule has 15 heteroatoms. The highest BCUT2D eigenvalue weighted by Crippen LogP contribution is 2.33. The Morgan fingerprint density at radius 1 is 1.20 bits per heavy atom. The molecule has 5 atom stereocenters. The van der Waals surface area contributed by atoms with Crippen molar-refractivity contribution in [2.24, 2.45) is 0 Å². The number of carbonyl (C=O) groups excluding carboxylic acids is 1. The van der Waals surface area contributed by atoms with E-state index in [9.17, 15) is 25.2 Å². The fraction of sp³-hybridized carbons (Fsp3) is 0.462. The first-order chi connectivity index (χ1) is 19.4. The van der Waals surface area contributed by atoms with Crippen LogP contribution in [0.1, 0.15) is 45.3 Å². The highest BCUT2D eigenvalue weighted by molar-refractivity contribution is 5.71. The van der Waals surface area contributed by atoms with E-state index in [4.69, 9.17) is 9.47 Å². The highest BCUT2D eigenvalue weighted by atomic mass is 19.1. The summed E-state index contributed by atoms with van der Waals surface area (Å²) in [7, 11) is 0. The van der Waals surface area contributed by atoms with E-state index in [0.717, 1.165) is 4.68 Å². The van der Waals surface area contributed by atoms with Crippen molar-refractivity contribution < 1.29 is 43.8 Å². The summed E-state index contributed by atoms with van der Waals surface area (Å²) in [6.07, 6.45) is -7.86. The molecule has 0 bridgehead atoms. The number of carbonyl (C=O) groups is 1. The summed E-state index contributed by atoms with van der Waals surface area (Å²) in [6.45, 7) is 8.26. The second kappa shape index (κ2) is 10.7. The molecule has 4 aromatic rings. The molecule has 1 aromatic carbocycles. The number of aromatic nitrogens is 7. The average Bonchev–Trinajstić information content (AvgIpc) is 3.54. The molecule has 3 aromatic heterocycles. The predicted molar refractivity (Wildman–Crippen MR) is 134 cm³/mol. The lowest BCUT2D eigenvalue weighted by Gasteiger charge is -2.38. The normalized spacial score (nSPS) is 23.2. The van der Waals surface area contributed by atoms with E-state index < -0.39 is 47.8 Å². The molecule has 4 heterocycles. The van der Waals surface area contributed by atoms with E-state index >= 15 is 4.39 Å². The number of aliphatic carboxylic acids is 1. The molecule has 0 unspecified atom stereocenters. The SMILES string of the molecule is CCn1ncnc1COc1nn2c(-c3ccccc3F)n[n+]([C@@H]3O[C@H](C(=O)[O-])[C@@H](O)[C@H](O)[C@H]3O)c2cc1C(C)(C)C. The molecule has 14 nitrogen and oxygen atoms in total. The third-order valence-corrected chi connectivity index (χ3v) is 6.87. The number of benzene rings is 1. The van der Waals surface area contributed by atoms with Gasteiger partial charge in [-0.25, -0.2) is 14.1 Å². The molecule has 1 fully saturated rings. The molecule has 41 heavy (non-hydrogen) atoms. The van der Waals surface area contributed by atoms with Crippen molar-refractivity contribution in [1.82, 2.24) is 29.5 Å². The highest BCUT2D eigenvalue weighted by Gasteiger charge is 2.49. The molecule has 3 N–H and O–H groups in total. The van der Waals surface area contributed by atoms with Gasteiger partial charge in [-0.05, 0) is 34.7 Å². The van der Waals surface area contributed by atoms with Gasteiger partial charge >= 0.3 is 5.65 Å². The molecule has 0 amide bonds. The number of carboxylic acid groups (broad SMARTS) is 1. The van der Waals surface area contributed by atoms with Crippen molar-refractivity contribution in [1.29, 1.82) is 0 Å². The van der Waals surface area contributed by atoms with Crippen molar-refractivity contribution in [3.8, 4) is 17.3 Å². The lowest BCUT2D eigenvalue weighted by atomic mass is 9.88. The van der Waals surface area contributed by atoms with Gasteiger partial charge in [-0.2, -0.15) is 5.10 Å². The number of nitrogens with zero attached hydrogens (tertiary/aromatic N) is 7. The largest absolute Gasteiger partial charge is 0.547 e. The van der Waals surface area contributed by atoms with Crippen LogP contribution in [0.4, 0.5) is 4.39 Å². The molecule has 0 saturated carbocycles. The summed E-state index contributed by atoms with van der Waals surface area (Å²) in [5.41, 5.74) is 0.222. The van der Waals surface area contributed by atoms with Crippen molar-refractivity contribution in [3.05, 3.63) is 53.9 Å².